The molecule has 1 aliphatic heterocycles. The highest BCUT2D eigenvalue weighted by atomic mass is 15.2. The van der Waals surface area contributed by atoms with Crippen molar-refractivity contribution >= 4 is 0 Å². The highest BCUT2D eigenvalue weighted by molar-refractivity contribution is 4.88. The predicted molar refractivity (Wildman–Crippen MR) is 83.5 cm³/mol. The minimum absolute atomic E-state index is 0.666. The molecule has 2 rings (SSSR count). The second-order valence-electron chi connectivity index (χ2n) is 6.95. The number of rotatable bonds is 6. The number of nitrogens with zero attached hydrogens (tertiary/aromatic N) is 1. The van der Waals surface area contributed by atoms with Crippen molar-refractivity contribution in [2.45, 2.75) is 71.3 Å². The smallest absolute Gasteiger partial charge is 0.0220 e. The van der Waals surface area contributed by atoms with E-state index in [1.54, 1.807) is 0 Å². The van der Waals surface area contributed by atoms with Crippen LogP contribution in [0.1, 0.15) is 65.2 Å². The van der Waals surface area contributed by atoms with Crippen LogP contribution in [-0.4, -0.2) is 37.6 Å². The monoisotopic (exact) mass is 266 g/mol. The fourth-order valence-electron chi connectivity index (χ4n) is 4.28. The Bertz CT molecular complexity index is 244. The molecule has 1 N–H and O–H groups in total. The molecule has 1 unspecified atom stereocenters. The standard InChI is InChI=1S/C17H34N2/c1-4-17(5-2)10-12-19(13-11-17)14-16(18-3)15-8-6-7-9-15/h15-16,18H,4-14H2,1-3H3. The Labute approximate surface area is 120 Å². The molecule has 112 valence electrons. The van der Waals surface area contributed by atoms with Gasteiger partial charge in [0, 0.05) is 12.6 Å². The van der Waals surface area contributed by atoms with Crippen LogP contribution in [0.2, 0.25) is 0 Å². The van der Waals surface area contributed by atoms with Gasteiger partial charge in [-0.05, 0) is 57.2 Å². The van der Waals surface area contributed by atoms with E-state index in [0.29, 0.717) is 5.41 Å². The van der Waals surface area contributed by atoms with E-state index in [9.17, 15) is 0 Å². The Kier molecular flexibility index (Phi) is 5.70. The van der Waals surface area contributed by atoms with Crippen LogP contribution < -0.4 is 5.32 Å². The van der Waals surface area contributed by atoms with E-state index in [1.165, 1.54) is 71.0 Å². The first kappa shape index (κ1) is 15.3. The third-order valence-electron chi connectivity index (χ3n) is 6.21. The molecule has 0 aromatic rings. The van der Waals surface area contributed by atoms with Gasteiger partial charge >= 0.3 is 0 Å². The van der Waals surface area contributed by atoms with Crippen LogP contribution >= 0.6 is 0 Å². The van der Waals surface area contributed by atoms with Gasteiger partial charge in [-0.15, -0.1) is 0 Å². The third-order valence-corrected chi connectivity index (χ3v) is 6.21. The van der Waals surface area contributed by atoms with Crippen LogP contribution in [0.5, 0.6) is 0 Å². The molecule has 0 aromatic heterocycles. The first-order valence-corrected chi connectivity index (χ1v) is 8.62. The van der Waals surface area contributed by atoms with Crippen molar-refractivity contribution in [1.29, 1.82) is 0 Å². The second-order valence-corrected chi connectivity index (χ2v) is 6.95. The molecule has 1 saturated heterocycles. The van der Waals surface area contributed by atoms with E-state index in [4.69, 9.17) is 0 Å². The number of piperidine rings is 1. The SMILES string of the molecule is CCC1(CC)CCN(CC(NC)C2CCCC2)CC1. The normalized spacial score (nSPS) is 26.7. The van der Waals surface area contributed by atoms with Crippen LogP contribution in [0, 0.1) is 11.3 Å². The van der Waals surface area contributed by atoms with Crippen molar-refractivity contribution in [1.82, 2.24) is 10.2 Å². The lowest BCUT2D eigenvalue weighted by atomic mass is 9.74. The average molecular weight is 266 g/mol. The van der Waals surface area contributed by atoms with Crippen LogP contribution in [0.4, 0.5) is 0 Å². The molecular formula is C17H34N2. The number of hydrogen-bond acceptors (Lipinski definition) is 2. The molecule has 0 amide bonds. The minimum Gasteiger partial charge on any atom is -0.315 e. The molecule has 1 atom stereocenters. The highest BCUT2D eigenvalue weighted by Crippen LogP contribution is 2.38. The van der Waals surface area contributed by atoms with Crippen molar-refractivity contribution in [2.75, 3.05) is 26.7 Å². The number of likely N-dealkylation sites (tertiary alicyclic amines) is 1. The lowest BCUT2D eigenvalue weighted by Crippen LogP contribution is -2.48. The minimum atomic E-state index is 0.666. The van der Waals surface area contributed by atoms with Gasteiger partial charge in [0.2, 0.25) is 0 Å². The molecular weight excluding hydrogens is 232 g/mol. The Balaban J connectivity index is 1.80. The zero-order valence-electron chi connectivity index (χ0n) is 13.4. The summed E-state index contributed by atoms with van der Waals surface area (Å²) in [5.41, 5.74) is 0.666. The van der Waals surface area contributed by atoms with E-state index in [2.05, 4.69) is 31.1 Å². The summed E-state index contributed by atoms with van der Waals surface area (Å²) in [5.74, 6) is 0.939. The zero-order chi connectivity index (χ0) is 13.7. The van der Waals surface area contributed by atoms with E-state index >= 15 is 0 Å². The van der Waals surface area contributed by atoms with Crippen molar-refractivity contribution in [3.63, 3.8) is 0 Å². The first-order valence-electron chi connectivity index (χ1n) is 8.62. The van der Waals surface area contributed by atoms with Crippen molar-refractivity contribution in [3.8, 4) is 0 Å². The van der Waals surface area contributed by atoms with Gasteiger partial charge in [-0.3, -0.25) is 0 Å². The summed E-state index contributed by atoms with van der Waals surface area (Å²) in [6.07, 6.45) is 11.4. The van der Waals surface area contributed by atoms with Crippen LogP contribution in [0.25, 0.3) is 0 Å². The van der Waals surface area contributed by atoms with E-state index in [0.717, 1.165) is 12.0 Å². The summed E-state index contributed by atoms with van der Waals surface area (Å²) in [6.45, 7) is 8.70. The molecule has 19 heavy (non-hydrogen) atoms. The van der Waals surface area contributed by atoms with Crippen molar-refractivity contribution in [2.24, 2.45) is 11.3 Å². The highest BCUT2D eigenvalue weighted by Gasteiger charge is 2.33. The molecule has 1 heterocycles. The fourth-order valence-corrected chi connectivity index (χ4v) is 4.28. The zero-order valence-corrected chi connectivity index (χ0v) is 13.4. The number of likely N-dealkylation sites (N-methyl/N-ethyl adjacent to an activating group) is 1. The van der Waals surface area contributed by atoms with Gasteiger partial charge < -0.3 is 10.2 Å². The van der Waals surface area contributed by atoms with Crippen molar-refractivity contribution in [3.05, 3.63) is 0 Å². The van der Waals surface area contributed by atoms with Gasteiger partial charge in [0.15, 0.2) is 0 Å². The average Bonchev–Trinajstić information content (AvgIpc) is 2.99. The van der Waals surface area contributed by atoms with Crippen molar-refractivity contribution < 1.29 is 0 Å². The second kappa shape index (κ2) is 7.08. The quantitative estimate of drug-likeness (QED) is 0.789. The maximum Gasteiger partial charge on any atom is 0.0220 e. The van der Waals surface area contributed by atoms with Gasteiger partial charge in [0.1, 0.15) is 0 Å². The largest absolute Gasteiger partial charge is 0.315 e. The number of hydrogen-bond donors (Lipinski definition) is 1. The maximum atomic E-state index is 3.60. The van der Waals surface area contributed by atoms with Crippen LogP contribution in [-0.2, 0) is 0 Å². The molecule has 2 aliphatic rings. The first-order chi connectivity index (χ1) is 9.23. The molecule has 2 nitrogen and oxygen atoms in total. The Morgan fingerprint density at radius 3 is 2.16 bits per heavy atom. The lowest BCUT2D eigenvalue weighted by Gasteiger charge is -2.42. The van der Waals surface area contributed by atoms with E-state index < -0.39 is 0 Å². The van der Waals surface area contributed by atoms with Gasteiger partial charge in [-0.25, -0.2) is 0 Å². The van der Waals surface area contributed by atoms with Gasteiger partial charge in [-0.2, -0.15) is 0 Å². The lowest BCUT2D eigenvalue weighted by molar-refractivity contribution is 0.0833. The predicted octanol–water partition coefficient (Wildman–Crippen LogP) is 3.67. The van der Waals surface area contributed by atoms with E-state index in [1.807, 2.05) is 0 Å². The molecule has 1 aliphatic carbocycles. The summed E-state index contributed by atoms with van der Waals surface area (Å²) in [4.78, 5) is 2.73. The van der Waals surface area contributed by atoms with Gasteiger partial charge in [-0.1, -0.05) is 39.5 Å². The molecule has 1 saturated carbocycles. The summed E-state index contributed by atoms with van der Waals surface area (Å²) in [7, 11) is 2.16. The summed E-state index contributed by atoms with van der Waals surface area (Å²) < 4.78 is 0. The molecule has 0 aromatic carbocycles. The van der Waals surface area contributed by atoms with E-state index in [-0.39, 0.29) is 0 Å². The topological polar surface area (TPSA) is 15.3 Å². The summed E-state index contributed by atoms with van der Waals surface area (Å²) in [6, 6.07) is 0.734. The third kappa shape index (κ3) is 3.72. The Hall–Kier alpha value is -0.0800. The maximum absolute atomic E-state index is 3.60. The molecule has 2 fully saturated rings. The molecule has 2 heteroatoms. The molecule has 0 spiro atoms. The number of nitrogens with one attached hydrogen (secondary N) is 1. The Morgan fingerprint density at radius 2 is 1.68 bits per heavy atom. The fraction of sp³-hybridized carbons (Fsp3) is 1.00. The van der Waals surface area contributed by atoms with Gasteiger partial charge in [0.25, 0.3) is 0 Å². The summed E-state index contributed by atoms with van der Waals surface area (Å²) >= 11 is 0. The molecule has 0 bridgehead atoms. The van der Waals surface area contributed by atoms with Crippen LogP contribution in [0.15, 0.2) is 0 Å². The Morgan fingerprint density at radius 1 is 1.11 bits per heavy atom. The van der Waals surface area contributed by atoms with Gasteiger partial charge in [0.05, 0.1) is 0 Å². The summed E-state index contributed by atoms with van der Waals surface area (Å²) in [5, 5.41) is 3.60. The molecule has 0 radical (unpaired) electrons. The van der Waals surface area contributed by atoms with Crippen LogP contribution in [0.3, 0.4) is 0 Å².